The number of aromatic amines is 1. The Labute approximate surface area is 188 Å². The first kappa shape index (κ1) is 24.1. The Balaban J connectivity index is 0.000000383. The van der Waals surface area contributed by atoms with Gasteiger partial charge in [-0.3, -0.25) is 4.79 Å². The number of anilines is 2. The highest BCUT2D eigenvalue weighted by atomic mass is 19.4. The maximum absolute atomic E-state index is 12.3. The predicted molar refractivity (Wildman–Crippen MR) is 122 cm³/mol. The molecule has 4 rings (SSSR count). The van der Waals surface area contributed by atoms with E-state index < -0.39 is 12.1 Å². The molecule has 0 bridgehead atoms. The molecule has 0 amide bonds. The van der Waals surface area contributed by atoms with Crippen LogP contribution in [-0.4, -0.2) is 48.4 Å². The quantitative estimate of drug-likeness (QED) is 0.474. The zero-order valence-corrected chi connectivity index (χ0v) is 18.0. The van der Waals surface area contributed by atoms with Gasteiger partial charge in [-0.05, 0) is 48.2 Å². The highest BCUT2D eigenvalue weighted by Crippen LogP contribution is 2.24. The first-order valence-corrected chi connectivity index (χ1v) is 10.4. The lowest BCUT2D eigenvalue weighted by molar-refractivity contribution is -0.192. The molecule has 3 aromatic rings. The molecule has 0 spiro atoms. The van der Waals surface area contributed by atoms with E-state index in [1.54, 1.807) is 0 Å². The summed E-state index contributed by atoms with van der Waals surface area (Å²) in [5.74, 6) is -2.76. The van der Waals surface area contributed by atoms with Gasteiger partial charge in [0.15, 0.2) is 0 Å². The van der Waals surface area contributed by atoms with E-state index in [4.69, 9.17) is 9.90 Å². The lowest BCUT2D eigenvalue weighted by Crippen LogP contribution is -2.43. The number of fused-ring (bicyclic) bond motifs is 1. The molecule has 2 heterocycles. The predicted octanol–water partition coefficient (Wildman–Crippen LogP) is 3.49. The molecule has 0 atom stereocenters. The fraction of sp³-hybridized carbons (Fsp3) is 0.304. The number of nitrogens with zero attached hydrogens (tertiary/aromatic N) is 1. The van der Waals surface area contributed by atoms with Crippen LogP contribution in [-0.2, 0) is 11.3 Å². The van der Waals surface area contributed by atoms with Crippen LogP contribution in [0.3, 0.4) is 0 Å². The Bertz CT molecular complexity index is 1170. The molecule has 1 aliphatic heterocycles. The number of H-pyrrole nitrogens is 1. The van der Waals surface area contributed by atoms with Crippen molar-refractivity contribution in [1.29, 1.82) is 0 Å². The zero-order valence-electron chi connectivity index (χ0n) is 18.0. The number of piperazine rings is 1. The van der Waals surface area contributed by atoms with E-state index in [9.17, 15) is 18.0 Å². The number of carboxylic acids is 1. The number of aryl methyl sites for hydroxylation is 1. The summed E-state index contributed by atoms with van der Waals surface area (Å²) < 4.78 is 31.7. The van der Waals surface area contributed by atoms with Gasteiger partial charge in [-0.15, -0.1) is 0 Å². The van der Waals surface area contributed by atoms with E-state index in [-0.39, 0.29) is 5.56 Å². The molecule has 0 radical (unpaired) electrons. The molecule has 2 aromatic carbocycles. The van der Waals surface area contributed by atoms with E-state index >= 15 is 0 Å². The third-order valence-electron chi connectivity index (χ3n) is 5.21. The Morgan fingerprint density at radius 2 is 1.79 bits per heavy atom. The van der Waals surface area contributed by atoms with Gasteiger partial charge in [0.2, 0.25) is 0 Å². The van der Waals surface area contributed by atoms with Crippen LogP contribution in [0.1, 0.15) is 11.1 Å². The molecule has 0 saturated carbocycles. The number of aromatic nitrogens is 1. The minimum absolute atomic E-state index is 0.0367. The van der Waals surface area contributed by atoms with Crippen molar-refractivity contribution < 1.29 is 23.1 Å². The second-order valence-electron chi connectivity index (χ2n) is 7.61. The highest BCUT2D eigenvalue weighted by molar-refractivity contribution is 5.78. The van der Waals surface area contributed by atoms with Gasteiger partial charge in [0.1, 0.15) is 0 Å². The summed E-state index contributed by atoms with van der Waals surface area (Å²) in [4.78, 5) is 26.5. The standard InChI is InChI=1S/C21H24N4O.C2HF3O2/c1-15-12-18(6-7-20(15)25-10-8-22-9-11-25)23-14-17-13-16-4-2-3-5-19(16)24-21(17)26;3-2(4,5)1(6)7/h2-7,12-13,22-23H,8-11,14H2,1H3,(H,24,26);(H,6,7). The van der Waals surface area contributed by atoms with Crippen molar-refractivity contribution in [2.75, 3.05) is 36.4 Å². The first-order chi connectivity index (χ1) is 15.6. The number of carboxylic acid groups (broad SMARTS) is 1. The summed E-state index contributed by atoms with van der Waals surface area (Å²) >= 11 is 0. The van der Waals surface area contributed by atoms with E-state index in [1.807, 2.05) is 30.3 Å². The Kier molecular flexibility index (Phi) is 7.59. The second-order valence-corrected chi connectivity index (χ2v) is 7.61. The molecule has 1 saturated heterocycles. The monoisotopic (exact) mass is 462 g/mol. The number of nitrogens with one attached hydrogen (secondary N) is 3. The van der Waals surface area contributed by atoms with Crippen molar-refractivity contribution in [2.24, 2.45) is 0 Å². The topological polar surface area (TPSA) is 97.5 Å². The Morgan fingerprint density at radius 1 is 1.12 bits per heavy atom. The van der Waals surface area contributed by atoms with Gasteiger partial charge in [0.25, 0.3) is 5.56 Å². The van der Waals surface area contributed by atoms with Gasteiger partial charge in [-0.25, -0.2) is 4.79 Å². The minimum Gasteiger partial charge on any atom is -0.475 e. The molecular weight excluding hydrogens is 437 g/mol. The fourth-order valence-electron chi connectivity index (χ4n) is 3.55. The molecule has 4 N–H and O–H groups in total. The summed E-state index contributed by atoms with van der Waals surface area (Å²) in [5.41, 5.74) is 5.16. The maximum atomic E-state index is 12.3. The van der Waals surface area contributed by atoms with Crippen molar-refractivity contribution >= 4 is 28.2 Å². The number of aliphatic carboxylic acids is 1. The number of benzene rings is 2. The lowest BCUT2D eigenvalue weighted by atomic mass is 10.1. The summed E-state index contributed by atoms with van der Waals surface area (Å²) in [6.45, 7) is 6.80. The van der Waals surface area contributed by atoms with Crippen LogP contribution in [0, 0.1) is 6.92 Å². The lowest BCUT2D eigenvalue weighted by Gasteiger charge is -2.31. The van der Waals surface area contributed by atoms with Gasteiger partial charge in [-0.1, -0.05) is 18.2 Å². The molecule has 33 heavy (non-hydrogen) atoms. The average molecular weight is 462 g/mol. The highest BCUT2D eigenvalue weighted by Gasteiger charge is 2.38. The summed E-state index contributed by atoms with van der Waals surface area (Å²) in [6.07, 6.45) is -5.08. The third-order valence-corrected chi connectivity index (χ3v) is 5.21. The van der Waals surface area contributed by atoms with Crippen molar-refractivity contribution in [3.05, 3.63) is 70.0 Å². The van der Waals surface area contributed by atoms with Crippen LogP contribution < -0.4 is 21.1 Å². The van der Waals surface area contributed by atoms with Gasteiger partial charge >= 0.3 is 12.1 Å². The largest absolute Gasteiger partial charge is 0.490 e. The van der Waals surface area contributed by atoms with Gasteiger partial charge in [0.05, 0.1) is 0 Å². The smallest absolute Gasteiger partial charge is 0.475 e. The average Bonchev–Trinajstić information content (AvgIpc) is 2.78. The normalized spacial score (nSPS) is 13.9. The maximum Gasteiger partial charge on any atom is 0.490 e. The van der Waals surface area contributed by atoms with Crippen molar-refractivity contribution in [2.45, 2.75) is 19.6 Å². The summed E-state index contributed by atoms with van der Waals surface area (Å²) in [5, 5.41) is 14.9. The number of hydrogen-bond acceptors (Lipinski definition) is 5. The van der Waals surface area contributed by atoms with E-state index in [0.29, 0.717) is 6.54 Å². The molecule has 7 nitrogen and oxygen atoms in total. The van der Waals surface area contributed by atoms with Crippen LogP contribution >= 0.6 is 0 Å². The van der Waals surface area contributed by atoms with Gasteiger partial charge < -0.3 is 25.6 Å². The van der Waals surface area contributed by atoms with Crippen molar-refractivity contribution in [3.63, 3.8) is 0 Å². The number of carbonyl (C=O) groups is 1. The fourth-order valence-corrected chi connectivity index (χ4v) is 3.55. The molecule has 0 aliphatic carbocycles. The van der Waals surface area contributed by atoms with Crippen LogP contribution in [0.5, 0.6) is 0 Å². The molecule has 0 unspecified atom stereocenters. The number of alkyl halides is 3. The molecule has 176 valence electrons. The summed E-state index contributed by atoms with van der Waals surface area (Å²) in [6, 6.07) is 16.2. The summed E-state index contributed by atoms with van der Waals surface area (Å²) in [7, 11) is 0. The number of halogens is 3. The Hall–Kier alpha value is -3.53. The number of rotatable bonds is 4. The molecule has 1 fully saturated rings. The Morgan fingerprint density at radius 3 is 2.42 bits per heavy atom. The number of hydrogen-bond donors (Lipinski definition) is 4. The van der Waals surface area contributed by atoms with Crippen LogP contribution in [0.4, 0.5) is 24.5 Å². The molecule has 1 aromatic heterocycles. The van der Waals surface area contributed by atoms with E-state index in [1.165, 1.54) is 11.3 Å². The number of pyridine rings is 1. The van der Waals surface area contributed by atoms with Crippen LogP contribution in [0.2, 0.25) is 0 Å². The van der Waals surface area contributed by atoms with Gasteiger partial charge in [-0.2, -0.15) is 13.2 Å². The van der Waals surface area contributed by atoms with E-state index in [2.05, 4.69) is 45.6 Å². The van der Waals surface area contributed by atoms with Crippen molar-refractivity contribution in [1.82, 2.24) is 10.3 Å². The van der Waals surface area contributed by atoms with Crippen LogP contribution in [0.25, 0.3) is 10.9 Å². The van der Waals surface area contributed by atoms with Gasteiger partial charge in [0, 0.05) is 55.2 Å². The molecule has 10 heteroatoms. The van der Waals surface area contributed by atoms with Crippen LogP contribution in [0.15, 0.2) is 53.3 Å². The molecule has 1 aliphatic rings. The third kappa shape index (κ3) is 6.48. The number of para-hydroxylation sites is 1. The first-order valence-electron chi connectivity index (χ1n) is 10.4. The minimum atomic E-state index is -5.08. The second kappa shape index (κ2) is 10.4. The molecular formula is C23H25F3N4O3. The SMILES string of the molecule is Cc1cc(NCc2cc3ccccc3[nH]c2=O)ccc1N1CCNCC1.O=C(O)C(F)(F)F. The van der Waals surface area contributed by atoms with E-state index in [0.717, 1.165) is 48.3 Å². The zero-order chi connectivity index (χ0) is 24.0. The van der Waals surface area contributed by atoms with Crippen molar-refractivity contribution in [3.8, 4) is 0 Å².